The first-order valence-electron chi connectivity index (χ1n) is 5.70. The Hall–Kier alpha value is -1.38. The molecule has 88 valence electrons. The number of nitrogens with one attached hydrogen (secondary N) is 1. The second-order valence-corrected chi connectivity index (χ2v) is 4.94. The molecular weight excluding hydrogens is 200 g/mol. The number of aromatic nitrogens is 1. The van der Waals surface area contributed by atoms with E-state index in [4.69, 9.17) is 0 Å². The van der Waals surface area contributed by atoms with Gasteiger partial charge in [-0.15, -0.1) is 0 Å². The van der Waals surface area contributed by atoms with Crippen LogP contribution in [-0.2, 0) is 0 Å². The van der Waals surface area contributed by atoms with Gasteiger partial charge in [0.25, 0.3) is 0 Å². The second kappa shape index (κ2) is 5.10. The molecule has 1 N–H and O–H groups in total. The van der Waals surface area contributed by atoms with Crippen molar-refractivity contribution in [3.63, 3.8) is 0 Å². The molecule has 16 heavy (non-hydrogen) atoms. The molecule has 0 saturated heterocycles. The minimum absolute atomic E-state index is 0.127. The van der Waals surface area contributed by atoms with Gasteiger partial charge in [0.1, 0.15) is 5.82 Å². The average molecular weight is 220 g/mol. The number of hydrogen-bond acceptors (Lipinski definition) is 3. The van der Waals surface area contributed by atoms with Crippen LogP contribution < -0.4 is 5.32 Å². The predicted molar refractivity (Wildman–Crippen MR) is 66.8 cm³/mol. The van der Waals surface area contributed by atoms with Crippen LogP contribution in [0.4, 0.5) is 5.82 Å². The van der Waals surface area contributed by atoms with Crippen LogP contribution in [0.3, 0.4) is 0 Å². The van der Waals surface area contributed by atoms with Crippen molar-refractivity contribution in [1.82, 2.24) is 4.98 Å². The van der Waals surface area contributed by atoms with Crippen molar-refractivity contribution in [2.75, 3.05) is 11.9 Å². The summed E-state index contributed by atoms with van der Waals surface area (Å²) in [5.74, 6) is 0.953. The molecule has 0 aliphatic heterocycles. The first-order valence-corrected chi connectivity index (χ1v) is 5.70. The van der Waals surface area contributed by atoms with Crippen molar-refractivity contribution in [2.45, 2.75) is 34.1 Å². The van der Waals surface area contributed by atoms with Gasteiger partial charge in [0.15, 0.2) is 5.78 Å². The van der Waals surface area contributed by atoms with Crippen LogP contribution in [0.2, 0.25) is 0 Å². The Morgan fingerprint density at radius 3 is 2.50 bits per heavy atom. The minimum atomic E-state index is -0.347. The zero-order chi connectivity index (χ0) is 12.2. The van der Waals surface area contributed by atoms with E-state index < -0.39 is 0 Å². The summed E-state index contributed by atoms with van der Waals surface area (Å²) in [7, 11) is 0. The lowest BCUT2D eigenvalue weighted by Crippen LogP contribution is -2.20. The van der Waals surface area contributed by atoms with E-state index in [9.17, 15) is 4.79 Å². The molecule has 0 bridgehead atoms. The molecule has 3 heteroatoms. The molecule has 1 heterocycles. The summed E-state index contributed by atoms with van der Waals surface area (Å²) in [6.07, 6.45) is 2.70. The van der Waals surface area contributed by atoms with Crippen LogP contribution in [0.15, 0.2) is 18.3 Å². The number of carbonyl (C=O) groups excluding carboxylic acids is 1. The summed E-state index contributed by atoms with van der Waals surface area (Å²) < 4.78 is 0. The van der Waals surface area contributed by atoms with Gasteiger partial charge in [-0.1, -0.05) is 27.7 Å². The summed E-state index contributed by atoms with van der Waals surface area (Å²) in [5, 5.41) is 3.18. The molecule has 0 saturated carbocycles. The van der Waals surface area contributed by atoms with Gasteiger partial charge in [-0.25, -0.2) is 4.98 Å². The Bertz CT molecular complexity index is 349. The quantitative estimate of drug-likeness (QED) is 0.793. The van der Waals surface area contributed by atoms with Gasteiger partial charge in [0, 0.05) is 23.7 Å². The molecule has 0 unspecified atom stereocenters. The number of pyridine rings is 1. The highest BCUT2D eigenvalue weighted by Crippen LogP contribution is 2.20. The highest BCUT2D eigenvalue weighted by atomic mass is 16.1. The van der Waals surface area contributed by atoms with Crippen LogP contribution in [0, 0.1) is 5.41 Å². The molecule has 0 aliphatic carbocycles. The van der Waals surface area contributed by atoms with Gasteiger partial charge in [0.2, 0.25) is 0 Å². The molecule has 1 rings (SSSR count). The third kappa shape index (κ3) is 3.33. The van der Waals surface area contributed by atoms with Gasteiger partial charge >= 0.3 is 0 Å². The topological polar surface area (TPSA) is 42.0 Å². The molecule has 0 fully saturated rings. The van der Waals surface area contributed by atoms with E-state index in [2.05, 4.69) is 17.2 Å². The third-order valence-electron chi connectivity index (χ3n) is 2.26. The number of rotatable bonds is 4. The molecule has 0 radical (unpaired) electrons. The normalized spacial score (nSPS) is 11.2. The lowest BCUT2D eigenvalue weighted by molar-refractivity contribution is 0.0858. The lowest BCUT2D eigenvalue weighted by atomic mass is 9.87. The molecule has 0 amide bonds. The van der Waals surface area contributed by atoms with Crippen molar-refractivity contribution < 1.29 is 4.79 Å². The number of nitrogens with zero attached hydrogens (tertiary/aromatic N) is 1. The summed E-state index contributed by atoms with van der Waals surface area (Å²) >= 11 is 0. The smallest absolute Gasteiger partial charge is 0.169 e. The van der Waals surface area contributed by atoms with Crippen molar-refractivity contribution in [1.29, 1.82) is 0 Å². The fourth-order valence-corrected chi connectivity index (χ4v) is 1.32. The monoisotopic (exact) mass is 220 g/mol. The van der Waals surface area contributed by atoms with Crippen LogP contribution in [0.5, 0.6) is 0 Å². The molecule has 3 nitrogen and oxygen atoms in total. The first-order chi connectivity index (χ1) is 7.45. The van der Waals surface area contributed by atoms with Crippen LogP contribution in [-0.4, -0.2) is 17.3 Å². The highest BCUT2D eigenvalue weighted by Gasteiger charge is 2.22. The van der Waals surface area contributed by atoms with Crippen LogP contribution in [0.25, 0.3) is 0 Å². The zero-order valence-electron chi connectivity index (χ0n) is 10.5. The fourth-order valence-electron chi connectivity index (χ4n) is 1.32. The standard InChI is InChI=1S/C13H20N2O/c1-5-8-14-11-7-6-10(9-15-11)12(16)13(2,3)4/h6-7,9H,5,8H2,1-4H3,(H,14,15). The first kappa shape index (κ1) is 12.7. The average Bonchev–Trinajstić information content (AvgIpc) is 2.25. The van der Waals surface area contributed by atoms with Gasteiger partial charge < -0.3 is 5.32 Å². The van der Waals surface area contributed by atoms with Gasteiger partial charge in [0.05, 0.1) is 0 Å². The van der Waals surface area contributed by atoms with Crippen LogP contribution >= 0.6 is 0 Å². The number of hydrogen-bond donors (Lipinski definition) is 1. The Kier molecular flexibility index (Phi) is 4.05. The lowest BCUT2D eigenvalue weighted by Gasteiger charge is -2.16. The minimum Gasteiger partial charge on any atom is -0.370 e. The van der Waals surface area contributed by atoms with E-state index in [1.807, 2.05) is 32.9 Å². The highest BCUT2D eigenvalue weighted by molar-refractivity contribution is 5.99. The zero-order valence-corrected chi connectivity index (χ0v) is 10.5. The molecular formula is C13H20N2O. The van der Waals surface area contributed by atoms with E-state index in [1.54, 1.807) is 6.20 Å². The fraction of sp³-hybridized carbons (Fsp3) is 0.538. The van der Waals surface area contributed by atoms with Gasteiger partial charge in [-0.2, -0.15) is 0 Å². The van der Waals surface area contributed by atoms with Gasteiger partial charge in [-0.3, -0.25) is 4.79 Å². The molecule has 0 atom stereocenters. The van der Waals surface area contributed by atoms with E-state index in [0.717, 1.165) is 18.8 Å². The van der Waals surface area contributed by atoms with Crippen molar-refractivity contribution in [2.24, 2.45) is 5.41 Å². The number of Topliss-reactive ketones (excluding diaryl/α,β-unsaturated/α-hetero) is 1. The third-order valence-corrected chi connectivity index (χ3v) is 2.26. The van der Waals surface area contributed by atoms with E-state index in [1.165, 1.54) is 0 Å². The SMILES string of the molecule is CCCNc1ccc(C(=O)C(C)(C)C)cn1. The maximum atomic E-state index is 11.9. The number of anilines is 1. The second-order valence-electron chi connectivity index (χ2n) is 4.94. The molecule has 0 aliphatic rings. The van der Waals surface area contributed by atoms with E-state index >= 15 is 0 Å². The summed E-state index contributed by atoms with van der Waals surface area (Å²) in [4.78, 5) is 16.1. The van der Waals surface area contributed by atoms with Crippen molar-refractivity contribution >= 4 is 11.6 Å². The van der Waals surface area contributed by atoms with E-state index in [0.29, 0.717) is 5.56 Å². The van der Waals surface area contributed by atoms with Crippen LogP contribution in [0.1, 0.15) is 44.5 Å². The molecule has 1 aromatic heterocycles. The van der Waals surface area contributed by atoms with Gasteiger partial charge in [-0.05, 0) is 18.6 Å². The number of carbonyl (C=O) groups is 1. The van der Waals surface area contributed by atoms with E-state index in [-0.39, 0.29) is 11.2 Å². The number of ketones is 1. The summed E-state index contributed by atoms with van der Waals surface area (Å²) in [6, 6.07) is 3.69. The molecule has 0 spiro atoms. The van der Waals surface area contributed by atoms with Crippen molar-refractivity contribution in [3.8, 4) is 0 Å². The Balaban J connectivity index is 2.75. The Morgan fingerprint density at radius 1 is 1.38 bits per heavy atom. The largest absolute Gasteiger partial charge is 0.370 e. The maximum Gasteiger partial charge on any atom is 0.169 e. The molecule has 1 aromatic rings. The molecule has 0 aromatic carbocycles. The Labute approximate surface area is 97.3 Å². The Morgan fingerprint density at radius 2 is 2.06 bits per heavy atom. The maximum absolute atomic E-state index is 11.9. The van der Waals surface area contributed by atoms with Crippen molar-refractivity contribution in [3.05, 3.63) is 23.9 Å². The summed E-state index contributed by atoms with van der Waals surface area (Å²) in [6.45, 7) is 8.75. The summed E-state index contributed by atoms with van der Waals surface area (Å²) in [5.41, 5.74) is 0.328. The predicted octanol–water partition coefficient (Wildman–Crippen LogP) is 3.13.